The van der Waals surface area contributed by atoms with Crippen molar-refractivity contribution in [1.29, 1.82) is 0 Å². The number of aromatic nitrogens is 1. The van der Waals surface area contributed by atoms with Crippen LogP contribution in [-0.2, 0) is 15.6 Å². The molecule has 128 valence electrons. The highest BCUT2D eigenvalue weighted by atomic mass is 16.5. The lowest BCUT2D eigenvalue weighted by atomic mass is 9.82. The minimum absolute atomic E-state index is 0.0141. The van der Waals surface area contributed by atoms with Gasteiger partial charge in [0, 0.05) is 16.7 Å². The molecule has 1 aromatic carbocycles. The third-order valence-electron chi connectivity index (χ3n) is 4.05. The van der Waals surface area contributed by atoms with Gasteiger partial charge in [0.2, 0.25) is 0 Å². The number of hydrogen-bond donors (Lipinski definition) is 0. The lowest BCUT2D eigenvalue weighted by molar-refractivity contribution is 0.0601. The van der Waals surface area contributed by atoms with Gasteiger partial charge in [-0.05, 0) is 29.2 Å². The van der Waals surface area contributed by atoms with Crippen molar-refractivity contribution >= 4 is 5.97 Å². The molecule has 0 N–H and O–H groups in total. The van der Waals surface area contributed by atoms with Gasteiger partial charge in [-0.1, -0.05) is 59.7 Å². The highest BCUT2D eigenvalue weighted by molar-refractivity contribution is 5.90. The molecule has 1 heterocycles. The first-order valence-electron chi connectivity index (χ1n) is 8.25. The number of ether oxygens (including phenoxy) is 1. The van der Waals surface area contributed by atoms with Gasteiger partial charge in [-0.2, -0.15) is 0 Å². The zero-order chi connectivity index (χ0) is 18.1. The van der Waals surface area contributed by atoms with Gasteiger partial charge in [0.1, 0.15) is 0 Å². The molecule has 0 amide bonds. The molecular formula is C21H27NO2. The third kappa shape index (κ3) is 3.84. The molecule has 3 nitrogen and oxygen atoms in total. The van der Waals surface area contributed by atoms with E-state index in [0.717, 1.165) is 17.0 Å². The monoisotopic (exact) mass is 325 g/mol. The smallest absolute Gasteiger partial charge is 0.337 e. The fraction of sp³-hybridized carbons (Fsp3) is 0.429. The molecule has 0 spiro atoms. The van der Waals surface area contributed by atoms with Gasteiger partial charge in [-0.3, -0.25) is 4.98 Å². The molecule has 0 aliphatic rings. The highest BCUT2D eigenvalue weighted by Gasteiger charge is 2.23. The van der Waals surface area contributed by atoms with E-state index in [4.69, 9.17) is 9.72 Å². The van der Waals surface area contributed by atoms with Crippen LogP contribution in [0.25, 0.3) is 11.3 Å². The second-order valence-corrected chi connectivity index (χ2v) is 8.16. The molecule has 24 heavy (non-hydrogen) atoms. The number of pyridine rings is 1. The Kier molecular flexibility index (Phi) is 4.84. The average Bonchev–Trinajstić information content (AvgIpc) is 2.52. The lowest BCUT2D eigenvalue weighted by Gasteiger charge is -2.26. The van der Waals surface area contributed by atoms with Crippen molar-refractivity contribution in [3.63, 3.8) is 0 Å². The molecule has 2 rings (SSSR count). The van der Waals surface area contributed by atoms with Crippen molar-refractivity contribution in [3.8, 4) is 11.3 Å². The maximum Gasteiger partial charge on any atom is 0.337 e. The normalized spacial score (nSPS) is 12.1. The summed E-state index contributed by atoms with van der Waals surface area (Å²) in [4.78, 5) is 16.6. The Morgan fingerprint density at radius 3 is 1.92 bits per heavy atom. The van der Waals surface area contributed by atoms with E-state index in [1.165, 1.54) is 12.7 Å². The molecule has 0 aliphatic heterocycles. The van der Waals surface area contributed by atoms with E-state index in [-0.39, 0.29) is 16.8 Å². The zero-order valence-corrected chi connectivity index (χ0v) is 15.7. The predicted octanol–water partition coefficient (Wildman–Crippen LogP) is 5.13. The maximum absolute atomic E-state index is 11.6. The molecule has 0 aliphatic carbocycles. The number of rotatable bonds is 2. The molecule has 3 heteroatoms. The number of carbonyl (C=O) groups is 1. The van der Waals surface area contributed by atoms with Crippen molar-refractivity contribution in [1.82, 2.24) is 4.98 Å². The Labute approximate surface area is 145 Å². The van der Waals surface area contributed by atoms with Gasteiger partial charge in [0.15, 0.2) is 0 Å². The van der Waals surface area contributed by atoms with Gasteiger partial charge < -0.3 is 4.74 Å². The summed E-state index contributed by atoms with van der Waals surface area (Å²) >= 11 is 0. The topological polar surface area (TPSA) is 39.2 Å². The molecular weight excluding hydrogens is 298 g/mol. The quantitative estimate of drug-likeness (QED) is 0.719. The highest BCUT2D eigenvalue weighted by Crippen LogP contribution is 2.34. The summed E-state index contributed by atoms with van der Waals surface area (Å²) < 4.78 is 4.77. The van der Waals surface area contributed by atoms with Gasteiger partial charge in [0.05, 0.1) is 18.4 Å². The second kappa shape index (κ2) is 6.39. The number of carbonyl (C=O) groups excluding carboxylic acids is 1. The Balaban J connectivity index is 2.60. The largest absolute Gasteiger partial charge is 0.465 e. The molecule has 0 radical (unpaired) electrons. The van der Waals surface area contributed by atoms with E-state index in [9.17, 15) is 4.79 Å². The van der Waals surface area contributed by atoms with E-state index in [2.05, 4.69) is 53.7 Å². The summed E-state index contributed by atoms with van der Waals surface area (Å²) in [7, 11) is 1.39. The number of nitrogens with zero attached hydrogens (tertiary/aromatic N) is 1. The SMILES string of the molecule is COC(=O)c1ccc(-c2nc(C(C)(C)C)ccc2C(C)(C)C)cc1. The second-order valence-electron chi connectivity index (χ2n) is 8.16. The first-order chi connectivity index (χ1) is 11.0. The minimum Gasteiger partial charge on any atom is -0.465 e. The van der Waals surface area contributed by atoms with Crippen molar-refractivity contribution in [2.24, 2.45) is 0 Å². The summed E-state index contributed by atoms with van der Waals surface area (Å²) in [5, 5.41) is 0. The summed E-state index contributed by atoms with van der Waals surface area (Å²) in [5.41, 5.74) is 4.76. The first-order valence-corrected chi connectivity index (χ1v) is 8.25. The van der Waals surface area contributed by atoms with E-state index in [1.807, 2.05) is 12.1 Å². The minimum atomic E-state index is -0.325. The van der Waals surface area contributed by atoms with Crippen molar-refractivity contribution in [3.05, 3.63) is 53.2 Å². The summed E-state index contributed by atoms with van der Waals surface area (Å²) in [6.45, 7) is 13.1. The summed E-state index contributed by atoms with van der Waals surface area (Å²) in [6, 6.07) is 11.8. The summed E-state index contributed by atoms with van der Waals surface area (Å²) in [6.07, 6.45) is 0. The van der Waals surface area contributed by atoms with Crippen LogP contribution < -0.4 is 0 Å². The lowest BCUT2D eigenvalue weighted by Crippen LogP contribution is -2.18. The van der Waals surface area contributed by atoms with E-state index < -0.39 is 0 Å². The van der Waals surface area contributed by atoms with Gasteiger partial charge >= 0.3 is 5.97 Å². The number of methoxy groups -OCH3 is 1. The van der Waals surface area contributed by atoms with Crippen LogP contribution in [0.3, 0.4) is 0 Å². The van der Waals surface area contributed by atoms with Crippen LogP contribution in [0.5, 0.6) is 0 Å². The van der Waals surface area contributed by atoms with Gasteiger partial charge in [-0.25, -0.2) is 4.79 Å². The molecule has 0 saturated heterocycles. The van der Waals surface area contributed by atoms with Crippen molar-refractivity contribution in [2.75, 3.05) is 7.11 Å². The molecule has 0 fully saturated rings. The van der Waals surface area contributed by atoms with Crippen LogP contribution in [0.4, 0.5) is 0 Å². The number of esters is 1. The van der Waals surface area contributed by atoms with Crippen LogP contribution in [-0.4, -0.2) is 18.1 Å². The van der Waals surface area contributed by atoms with Crippen LogP contribution in [0.1, 0.15) is 63.2 Å². The first kappa shape index (κ1) is 18.2. The van der Waals surface area contributed by atoms with Crippen LogP contribution in [0.15, 0.2) is 36.4 Å². The number of hydrogen-bond acceptors (Lipinski definition) is 3. The van der Waals surface area contributed by atoms with E-state index in [0.29, 0.717) is 5.56 Å². The van der Waals surface area contributed by atoms with E-state index in [1.54, 1.807) is 12.1 Å². The maximum atomic E-state index is 11.6. The fourth-order valence-corrected chi connectivity index (χ4v) is 2.58. The number of benzene rings is 1. The molecule has 1 aromatic heterocycles. The van der Waals surface area contributed by atoms with Crippen LogP contribution in [0, 0.1) is 0 Å². The van der Waals surface area contributed by atoms with Gasteiger partial charge in [-0.15, -0.1) is 0 Å². The fourth-order valence-electron chi connectivity index (χ4n) is 2.58. The van der Waals surface area contributed by atoms with Crippen molar-refractivity contribution < 1.29 is 9.53 Å². The Bertz CT molecular complexity index is 732. The molecule has 0 atom stereocenters. The Morgan fingerprint density at radius 1 is 0.875 bits per heavy atom. The van der Waals surface area contributed by atoms with E-state index >= 15 is 0 Å². The molecule has 2 aromatic rings. The van der Waals surface area contributed by atoms with Crippen molar-refractivity contribution in [2.45, 2.75) is 52.4 Å². The van der Waals surface area contributed by atoms with Gasteiger partial charge in [0.25, 0.3) is 0 Å². The Morgan fingerprint density at radius 2 is 1.46 bits per heavy atom. The molecule has 0 bridgehead atoms. The standard InChI is InChI=1S/C21H27NO2/c1-20(2,3)16-12-13-17(21(4,5)6)22-18(16)14-8-10-15(11-9-14)19(23)24-7/h8-13H,1-7H3. The molecule has 0 unspecified atom stereocenters. The predicted molar refractivity (Wildman–Crippen MR) is 98.4 cm³/mol. The molecule has 0 saturated carbocycles. The third-order valence-corrected chi connectivity index (χ3v) is 4.05. The summed E-state index contributed by atoms with van der Waals surface area (Å²) in [5.74, 6) is -0.325. The average molecular weight is 325 g/mol. The van der Waals surface area contributed by atoms with Crippen LogP contribution >= 0.6 is 0 Å². The zero-order valence-electron chi connectivity index (χ0n) is 15.7. The Hall–Kier alpha value is -2.16. The van der Waals surface area contributed by atoms with Crippen LogP contribution in [0.2, 0.25) is 0 Å².